The number of hydrogen-bond donors (Lipinski definition) is 0. The van der Waals surface area contributed by atoms with Gasteiger partial charge < -0.3 is 23.8 Å². The Bertz CT molecular complexity index is 1060. The minimum Gasteiger partial charge on any atom is -0.497 e. The molecular formula is C25H28N2O7. The van der Waals surface area contributed by atoms with Crippen molar-refractivity contribution in [3.8, 4) is 17.2 Å². The first-order valence-electron chi connectivity index (χ1n) is 11.1. The summed E-state index contributed by atoms with van der Waals surface area (Å²) < 4.78 is 21.5. The monoisotopic (exact) mass is 468 g/mol. The fourth-order valence-corrected chi connectivity index (χ4v) is 4.36. The number of nitrogens with zero attached hydrogens (tertiary/aromatic N) is 2. The summed E-state index contributed by atoms with van der Waals surface area (Å²) in [6.07, 6.45) is 1.38. The molecule has 0 aliphatic carbocycles. The largest absolute Gasteiger partial charge is 0.497 e. The van der Waals surface area contributed by atoms with Gasteiger partial charge in [-0.3, -0.25) is 14.4 Å². The van der Waals surface area contributed by atoms with Gasteiger partial charge in [0, 0.05) is 18.7 Å². The maximum atomic E-state index is 13.6. The number of amides is 3. The van der Waals surface area contributed by atoms with Crippen molar-refractivity contribution in [2.75, 3.05) is 39.4 Å². The van der Waals surface area contributed by atoms with Gasteiger partial charge in [-0.05, 0) is 55.3 Å². The Kier molecular flexibility index (Phi) is 7.02. The van der Waals surface area contributed by atoms with Crippen LogP contribution in [0.25, 0.3) is 0 Å². The molecule has 0 saturated carbocycles. The molecule has 0 spiro atoms. The van der Waals surface area contributed by atoms with Gasteiger partial charge in [0.15, 0.2) is 11.5 Å². The van der Waals surface area contributed by atoms with Gasteiger partial charge in [-0.1, -0.05) is 0 Å². The van der Waals surface area contributed by atoms with Crippen molar-refractivity contribution in [3.63, 3.8) is 0 Å². The van der Waals surface area contributed by atoms with E-state index in [1.54, 1.807) is 49.6 Å². The number of rotatable bonds is 8. The third kappa shape index (κ3) is 4.56. The SMILES string of the molecule is COc1ccc(N2C(=O)CC(N(CC3CCCO3)C(=O)c3ccc(OC)c(OC)c3)C2=O)cc1. The normalized spacial score (nSPS) is 19.9. The van der Waals surface area contributed by atoms with E-state index in [2.05, 4.69) is 0 Å². The Hall–Kier alpha value is -3.59. The van der Waals surface area contributed by atoms with E-state index in [0.717, 1.165) is 17.7 Å². The molecule has 34 heavy (non-hydrogen) atoms. The van der Waals surface area contributed by atoms with Gasteiger partial charge >= 0.3 is 0 Å². The molecule has 2 atom stereocenters. The second-order valence-electron chi connectivity index (χ2n) is 8.15. The van der Waals surface area contributed by atoms with Gasteiger partial charge in [0.1, 0.15) is 11.8 Å². The predicted molar refractivity (Wildman–Crippen MR) is 123 cm³/mol. The Morgan fingerprint density at radius 1 is 1.03 bits per heavy atom. The van der Waals surface area contributed by atoms with Gasteiger partial charge in [0.25, 0.3) is 11.8 Å². The number of ether oxygens (including phenoxy) is 4. The Balaban J connectivity index is 1.64. The van der Waals surface area contributed by atoms with Crippen LogP contribution in [-0.4, -0.2) is 69.2 Å². The highest BCUT2D eigenvalue weighted by atomic mass is 16.5. The lowest BCUT2D eigenvalue weighted by molar-refractivity contribution is -0.122. The summed E-state index contributed by atoms with van der Waals surface area (Å²) in [6, 6.07) is 10.6. The van der Waals surface area contributed by atoms with Crippen molar-refractivity contribution in [1.29, 1.82) is 0 Å². The lowest BCUT2D eigenvalue weighted by Crippen LogP contribution is -2.48. The van der Waals surface area contributed by atoms with Crippen molar-refractivity contribution < 1.29 is 33.3 Å². The number of carbonyl (C=O) groups excluding carboxylic acids is 3. The zero-order valence-electron chi connectivity index (χ0n) is 19.5. The molecule has 9 heteroatoms. The van der Waals surface area contributed by atoms with E-state index in [0.29, 0.717) is 35.1 Å². The fourth-order valence-electron chi connectivity index (χ4n) is 4.36. The van der Waals surface area contributed by atoms with Crippen LogP contribution in [0.3, 0.4) is 0 Å². The molecule has 0 radical (unpaired) electrons. The topological polar surface area (TPSA) is 94.6 Å². The summed E-state index contributed by atoms with van der Waals surface area (Å²) in [7, 11) is 4.54. The molecule has 4 rings (SSSR count). The van der Waals surface area contributed by atoms with Crippen LogP contribution in [0.1, 0.15) is 29.6 Å². The van der Waals surface area contributed by atoms with Gasteiger partial charge in [-0.2, -0.15) is 0 Å². The summed E-state index contributed by atoms with van der Waals surface area (Å²) in [5, 5.41) is 0. The third-order valence-corrected chi connectivity index (χ3v) is 6.15. The smallest absolute Gasteiger partial charge is 0.257 e. The lowest BCUT2D eigenvalue weighted by atomic mass is 10.1. The molecule has 3 amide bonds. The van der Waals surface area contributed by atoms with Crippen molar-refractivity contribution in [2.45, 2.75) is 31.4 Å². The van der Waals surface area contributed by atoms with Crippen LogP contribution in [-0.2, 0) is 14.3 Å². The second-order valence-corrected chi connectivity index (χ2v) is 8.15. The molecule has 0 bridgehead atoms. The van der Waals surface area contributed by atoms with E-state index in [4.69, 9.17) is 18.9 Å². The number of carbonyl (C=O) groups is 3. The number of benzene rings is 2. The van der Waals surface area contributed by atoms with E-state index in [1.165, 1.54) is 19.1 Å². The molecular weight excluding hydrogens is 440 g/mol. The predicted octanol–water partition coefficient (Wildman–Crippen LogP) is 2.67. The highest BCUT2D eigenvalue weighted by molar-refractivity contribution is 6.23. The minimum absolute atomic E-state index is 0.101. The first kappa shape index (κ1) is 23.6. The Morgan fingerprint density at radius 3 is 2.38 bits per heavy atom. The molecule has 2 saturated heterocycles. The average Bonchev–Trinajstić information content (AvgIpc) is 3.48. The molecule has 2 aliphatic rings. The van der Waals surface area contributed by atoms with Crippen molar-refractivity contribution >= 4 is 23.4 Å². The molecule has 2 heterocycles. The van der Waals surface area contributed by atoms with Crippen LogP contribution in [0, 0.1) is 0 Å². The molecule has 2 aliphatic heterocycles. The van der Waals surface area contributed by atoms with Crippen molar-refractivity contribution in [2.24, 2.45) is 0 Å². The molecule has 0 N–H and O–H groups in total. The zero-order chi connectivity index (χ0) is 24.2. The molecule has 0 aromatic heterocycles. The molecule has 180 valence electrons. The number of hydrogen-bond acceptors (Lipinski definition) is 7. The van der Waals surface area contributed by atoms with Crippen LogP contribution >= 0.6 is 0 Å². The van der Waals surface area contributed by atoms with Crippen molar-refractivity contribution in [3.05, 3.63) is 48.0 Å². The van der Waals surface area contributed by atoms with E-state index < -0.39 is 11.9 Å². The van der Waals surface area contributed by atoms with E-state index >= 15 is 0 Å². The van der Waals surface area contributed by atoms with E-state index in [9.17, 15) is 14.4 Å². The van der Waals surface area contributed by atoms with Gasteiger partial charge in [-0.25, -0.2) is 4.90 Å². The number of anilines is 1. The highest BCUT2D eigenvalue weighted by Crippen LogP contribution is 2.31. The summed E-state index contributed by atoms with van der Waals surface area (Å²) in [5.41, 5.74) is 0.771. The molecule has 2 fully saturated rings. The fraction of sp³-hybridized carbons (Fsp3) is 0.400. The standard InChI is InChI=1S/C25H28N2O7/c1-31-18-9-7-17(8-10-18)27-23(28)14-20(25(27)30)26(15-19-5-4-12-34-19)24(29)16-6-11-21(32-2)22(13-16)33-3/h6-11,13,19-20H,4-5,12,14-15H2,1-3H3. The van der Waals surface area contributed by atoms with Crippen LogP contribution in [0.5, 0.6) is 17.2 Å². The lowest BCUT2D eigenvalue weighted by Gasteiger charge is -2.30. The van der Waals surface area contributed by atoms with Crippen LogP contribution < -0.4 is 19.1 Å². The minimum atomic E-state index is -0.931. The first-order chi connectivity index (χ1) is 16.5. The Labute approximate surface area is 198 Å². The number of methoxy groups -OCH3 is 3. The van der Waals surface area contributed by atoms with E-state index in [-0.39, 0.29) is 30.9 Å². The third-order valence-electron chi connectivity index (χ3n) is 6.15. The van der Waals surface area contributed by atoms with E-state index in [1.807, 2.05) is 0 Å². The summed E-state index contributed by atoms with van der Waals surface area (Å²) >= 11 is 0. The summed E-state index contributed by atoms with van der Waals surface area (Å²) in [5.74, 6) is 0.323. The Morgan fingerprint density at radius 2 is 1.76 bits per heavy atom. The van der Waals surface area contributed by atoms with Gasteiger partial charge in [0.2, 0.25) is 5.91 Å². The molecule has 2 unspecified atom stereocenters. The summed E-state index contributed by atoms with van der Waals surface area (Å²) in [4.78, 5) is 42.6. The quantitative estimate of drug-likeness (QED) is 0.550. The molecule has 2 aromatic carbocycles. The highest BCUT2D eigenvalue weighted by Gasteiger charge is 2.45. The van der Waals surface area contributed by atoms with Gasteiger partial charge in [-0.15, -0.1) is 0 Å². The van der Waals surface area contributed by atoms with Crippen LogP contribution in [0.2, 0.25) is 0 Å². The summed E-state index contributed by atoms with van der Waals surface area (Å²) in [6.45, 7) is 0.825. The zero-order valence-corrected chi connectivity index (χ0v) is 19.5. The van der Waals surface area contributed by atoms with Crippen LogP contribution in [0.15, 0.2) is 42.5 Å². The van der Waals surface area contributed by atoms with Crippen LogP contribution in [0.4, 0.5) is 5.69 Å². The maximum absolute atomic E-state index is 13.6. The van der Waals surface area contributed by atoms with Crippen molar-refractivity contribution in [1.82, 2.24) is 4.90 Å². The maximum Gasteiger partial charge on any atom is 0.257 e. The second kappa shape index (κ2) is 10.1. The first-order valence-corrected chi connectivity index (χ1v) is 11.1. The molecule has 9 nitrogen and oxygen atoms in total. The average molecular weight is 469 g/mol. The van der Waals surface area contributed by atoms with Gasteiger partial charge in [0.05, 0.1) is 39.5 Å². The number of imide groups is 1. The molecule has 2 aromatic rings.